The molecule has 1 atom stereocenters. The predicted molar refractivity (Wildman–Crippen MR) is 86.9 cm³/mol. The van der Waals surface area contributed by atoms with E-state index in [-0.39, 0.29) is 11.9 Å². The van der Waals surface area contributed by atoms with E-state index >= 15 is 0 Å². The highest BCUT2D eigenvalue weighted by molar-refractivity contribution is 7.17. The summed E-state index contributed by atoms with van der Waals surface area (Å²) in [5, 5.41) is 12.0. The minimum absolute atomic E-state index is 0.00210. The molecule has 8 nitrogen and oxygen atoms in total. The molecule has 0 bridgehead atoms. The molecule has 10 heteroatoms. The Morgan fingerprint density at radius 1 is 1.46 bits per heavy atom. The number of rotatable bonds is 3. The molecule has 1 fully saturated rings. The Labute approximate surface area is 146 Å². The second-order valence-electron chi connectivity index (χ2n) is 5.53. The zero-order valence-electron chi connectivity index (χ0n) is 12.7. The molecule has 0 aromatic carbocycles. The highest BCUT2D eigenvalue weighted by Gasteiger charge is 2.30. The highest BCUT2D eigenvalue weighted by atomic mass is 35.5. The number of hydrogen-bond acceptors (Lipinski definition) is 7. The van der Waals surface area contributed by atoms with Crippen LogP contribution in [-0.2, 0) is 0 Å². The van der Waals surface area contributed by atoms with Crippen molar-refractivity contribution in [3.05, 3.63) is 33.4 Å². The molecule has 3 aromatic heterocycles. The fourth-order valence-electron chi connectivity index (χ4n) is 2.68. The van der Waals surface area contributed by atoms with E-state index in [4.69, 9.17) is 16.1 Å². The molecule has 0 aliphatic carbocycles. The Balaban J connectivity index is 1.47. The number of amides is 1. The van der Waals surface area contributed by atoms with Crippen LogP contribution in [0, 0.1) is 6.92 Å². The van der Waals surface area contributed by atoms with Crippen molar-refractivity contribution in [1.82, 2.24) is 30.0 Å². The van der Waals surface area contributed by atoms with Crippen molar-refractivity contribution < 1.29 is 9.32 Å². The van der Waals surface area contributed by atoms with Crippen LogP contribution in [0.2, 0.25) is 4.34 Å². The number of thiophene rings is 1. The molecule has 0 spiro atoms. The number of aryl methyl sites for hydroxylation is 1. The van der Waals surface area contributed by atoms with Crippen molar-refractivity contribution >= 4 is 28.8 Å². The molecule has 0 saturated carbocycles. The summed E-state index contributed by atoms with van der Waals surface area (Å²) in [7, 11) is 0. The number of carbonyl (C=O) groups is 1. The van der Waals surface area contributed by atoms with Crippen LogP contribution in [0.15, 0.2) is 22.9 Å². The molecule has 3 aromatic rings. The Hall–Kier alpha value is -2.26. The van der Waals surface area contributed by atoms with E-state index < -0.39 is 0 Å². The Morgan fingerprint density at radius 2 is 2.33 bits per heavy atom. The molecule has 4 rings (SSSR count). The Bertz CT molecular complexity index is 887. The second kappa shape index (κ2) is 5.99. The summed E-state index contributed by atoms with van der Waals surface area (Å²) < 4.78 is 7.46. The molecule has 4 heterocycles. The van der Waals surface area contributed by atoms with Crippen LogP contribution in [0.4, 0.5) is 0 Å². The van der Waals surface area contributed by atoms with Gasteiger partial charge in [0.25, 0.3) is 11.8 Å². The number of carbonyl (C=O) groups excluding carboxylic acids is 1. The molecule has 1 aliphatic rings. The Kier molecular flexibility index (Phi) is 3.81. The normalized spacial score (nSPS) is 17.6. The first-order valence-electron chi connectivity index (χ1n) is 7.37. The molecule has 1 aliphatic heterocycles. The topological polar surface area (TPSA) is 89.9 Å². The predicted octanol–water partition coefficient (Wildman–Crippen LogP) is 2.44. The van der Waals surface area contributed by atoms with E-state index in [1.165, 1.54) is 11.3 Å². The highest BCUT2D eigenvalue weighted by Crippen LogP contribution is 2.27. The van der Waals surface area contributed by atoms with Gasteiger partial charge in [-0.15, -0.1) is 16.4 Å². The van der Waals surface area contributed by atoms with Crippen molar-refractivity contribution in [1.29, 1.82) is 0 Å². The minimum Gasteiger partial charge on any atom is -0.336 e. The summed E-state index contributed by atoms with van der Waals surface area (Å²) in [5.74, 6) is 0.895. The number of nitrogens with zero attached hydrogens (tertiary/aromatic N) is 6. The molecule has 1 saturated heterocycles. The van der Waals surface area contributed by atoms with Crippen LogP contribution in [-0.4, -0.2) is 49.0 Å². The third-order valence-corrected chi connectivity index (χ3v) is 5.08. The fourth-order valence-corrected chi connectivity index (χ4v) is 3.69. The smallest absolute Gasteiger partial charge is 0.280 e. The van der Waals surface area contributed by atoms with Gasteiger partial charge in [-0.1, -0.05) is 22.0 Å². The zero-order valence-corrected chi connectivity index (χ0v) is 14.3. The molecular formula is C14H13ClN6O2S. The van der Waals surface area contributed by atoms with E-state index in [0.29, 0.717) is 39.7 Å². The maximum absolute atomic E-state index is 12.5. The van der Waals surface area contributed by atoms with E-state index in [1.54, 1.807) is 29.9 Å². The SMILES string of the molecule is Cc1noc(-c2cn([C@H]3CCN(C(=O)c4ccc(Cl)s4)C3)nn2)n1. The van der Waals surface area contributed by atoms with Gasteiger partial charge in [-0.05, 0) is 25.5 Å². The van der Waals surface area contributed by atoms with Crippen LogP contribution in [0.5, 0.6) is 0 Å². The molecule has 124 valence electrons. The van der Waals surface area contributed by atoms with Gasteiger partial charge in [-0.3, -0.25) is 4.79 Å². The lowest BCUT2D eigenvalue weighted by molar-refractivity contribution is 0.0791. The lowest BCUT2D eigenvalue weighted by atomic mass is 10.3. The van der Waals surface area contributed by atoms with Gasteiger partial charge in [-0.25, -0.2) is 4.68 Å². The molecular weight excluding hydrogens is 352 g/mol. The maximum Gasteiger partial charge on any atom is 0.280 e. The third kappa shape index (κ3) is 2.80. The molecule has 1 amide bonds. The third-order valence-electron chi connectivity index (χ3n) is 3.87. The summed E-state index contributed by atoms with van der Waals surface area (Å²) >= 11 is 7.20. The van der Waals surface area contributed by atoms with E-state index in [0.717, 1.165) is 6.42 Å². The summed E-state index contributed by atoms with van der Waals surface area (Å²) in [4.78, 5) is 19.1. The summed E-state index contributed by atoms with van der Waals surface area (Å²) in [5.41, 5.74) is 0.533. The van der Waals surface area contributed by atoms with E-state index in [2.05, 4.69) is 20.5 Å². The van der Waals surface area contributed by atoms with Crippen LogP contribution in [0.1, 0.15) is 28.0 Å². The van der Waals surface area contributed by atoms with Crippen LogP contribution in [0.3, 0.4) is 0 Å². The van der Waals surface area contributed by atoms with Crippen LogP contribution < -0.4 is 0 Å². The van der Waals surface area contributed by atoms with Gasteiger partial charge >= 0.3 is 0 Å². The van der Waals surface area contributed by atoms with Gasteiger partial charge in [-0.2, -0.15) is 4.98 Å². The number of likely N-dealkylation sites (tertiary alicyclic amines) is 1. The summed E-state index contributed by atoms with van der Waals surface area (Å²) in [6.45, 7) is 3.00. The van der Waals surface area contributed by atoms with Crippen LogP contribution in [0.25, 0.3) is 11.6 Å². The lowest BCUT2D eigenvalue weighted by Crippen LogP contribution is -2.28. The average Bonchev–Trinajstić information content (AvgIpc) is 3.33. The summed E-state index contributed by atoms with van der Waals surface area (Å²) in [6, 6.07) is 3.58. The fraction of sp³-hybridized carbons (Fsp3) is 0.357. The number of hydrogen-bond donors (Lipinski definition) is 0. The molecule has 0 unspecified atom stereocenters. The monoisotopic (exact) mass is 364 g/mol. The molecule has 0 radical (unpaired) electrons. The lowest BCUT2D eigenvalue weighted by Gasteiger charge is -2.15. The maximum atomic E-state index is 12.5. The largest absolute Gasteiger partial charge is 0.336 e. The van der Waals surface area contributed by atoms with E-state index in [9.17, 15) is 4.79 Å². The first-order valence-corrected chi connectivity index (χ1v) is 8.57. The average molecular weight is 365 g/mol. The van der Waals surface area contributed by atoms with Crippen molar-refractivity contribution in [3.63, 3.8) is 0 Å². The van der Waals surface area contributed by atoms with E-state index in [1.807, 2.05) is 4.90 Å². The first-order chi connectivity index (χ1) is 11.6. The van der Waals surface area contributed by atoms with Crippen molar-refractivity contribution in [2.75, 3.05) is 13.1 Å². The molecule has 0 N–H and O–H groups in total. The first kappa shape index (κ1) is 15.3. The van der Waals surface area contributed by atoms with Gasteiger partial charge in [0.1, 0.15) is 0 Å². The van der Waals surface area contributed by atoms with Crippen molar-refractivity contribution in [3.8, 4) is 11.6 Å². The number of halogens is 1. The Morgan fingerprint density at radius 3 is 3.04 bits per heavy atom. The van der Waals surface area contributed by atoms with Crippen molar-refractivity contribution in [2.24, 2.45) is 0 Å². The van der Waals surface area contributed by atoms with Gasteiger partial charge in [0.15, 0.2) is 11.5 Å². The minimum atomic E-state index is 0.00210. The van der Waals surface area contributed by atoms with Gasteiger partial charge < -0.3 is 9.42 Å². The number of aromatic nitrogens is 5. The van der Waals surface area contributed by atoms with Gasteiger partial charge in [0.2, 0.25) is 0 Å². The second-order valence-corrected chi connectivity index (χ2v) is 7.24. The molecule has 24 heavy (non-hydrogen) atoms. The standard InChI is InChI=1S/C14H13ClN6O2S/c1-8-16-13(23-18-8)10-7-21(19-17-10)9-4-5-20(6-9)14(22)11-2-3-12(15)24-11/h2-3,7,9H,4-6H2,1H3/t9-/m0/s1. The van der Waals surface area contributed by atoms with Gasteiger partial charge in [0, 0.05) is 13.1 Å². The quantitative estimate of drug-likeness (QED) is 0.709. The summed E-state index contributed by atoms with van der Waals surface area (Å²) in [6.07, 6.45) is 2.59. The zero-order chi connectivity index (χ0) is 16.7. The van der Waals surface area contributed by atoms with Crippen molar-refractivity contribution in [2.45, 2.75) is 19.4 Å². The van der Waals surface area contributed by atoms with Crippen LogP contribution >= 0.6 is 22.9 Å². The van der Waals surface area contributed by atoms with Gasteiger partial charge in [0.05, 0.1) is 21.5 Å².